The molecule has 1 aromatic rings. The molecule has 0 amide bonds. The van der Waals surface area contributed by atoms with Crippen LogP contribution < -0.4 is 4.74 Å². The molecule has 0 spiro atoms. The normalized spacial score (nSPS) is 11.5. The molecule has 15 heavy (non-hydrogen) atoms. The van der Waals surface area contributed by atoms with Crippen molar-refractivity contribution in [3.8, 4) is 5.88 Å². The summed E-state index contributed by atoms with van der Waals surface area (Å²) >= 11 is 0. The third-order valence-corrected chi connectivity index (χ3v) is 1.75. The molecule has 3 nitrogen and oxygen atoms in total. The maximum absolute atomic E-state index is 12.3. The number of pyridine rings is 1. The number of alkyl halides is 3. The summed E-state index contributed by atoms with van der Waals surface area (Å²) in [5.41, 5.74) is -0.537. The highest BCUT2D eigenvalue weighted by Crippen LogP contribution is 2.31. The Morgan fingerprint density at radius 3 is 2.47 bits per heavy atom. The standard InChI is InChI=1S/C9H10F3NO2/c1-14-5-6-3-7(9(10,11)12)4-13-8(6)15-2/h3-4H,5H2,1-2H3. The smallest absolute Gasteiger partial charge is 0.417 e. The molecule has 1 rings (SSSR count). The Morgan fingerprint density at radius 2 is 2.00 bits per heavy atom. The fourth-order valence-corrected chi connectivity index (χ4v) is 1.10. The van der Waals surface area contributed by atoms with Crippen LogP contribution in [0, 0.1) is 0 Å². The van der Waals surface area contributed by atoms with Crippen LogP contribution in [0.1, 0.15) is 11.1 Å². The number of hydrogen-bond acceptors (Lipinski definition) is 3. The van der Waals surface area contributed by atoms with Gasteiger partial charge in [0.1, 0.15) is 0 Å². The van der Waals surface area contributed by atoms with Crippen LogP contribution in [0.3, 0.4) is 0 Å². The average molecular weight is 221 g/mol. The number of methoxy groups -OCH3 is 2. The second-order valence-corrected chi connectivity index (χ2v) is 2.82. The van der Waals surface area contributed by atoms with Crippen molar-refractivity contribution in [2.75, 3.05) is 14.2 Å². The van der Waals surface area contributed by atoms with Crippen molar-refractivity contribution in [3.63, 3.8) is 0 Å². The number of halogens is 3. The minimum Gasteiger partial charge on any atom is -0.481 e. The second kappa shape index (κ2) is 4.48. The Balaban J connectivity index is 3.10. The van der Waals surface area contributed by atoms with Crippen LogP contribution in [0.2, 0.25) is 0 Å². The first-order valence-corrected chi connectivity index (χ1v) is 4.08. The van der Waals surface area contributed by atoms with E-state index in [0.717, 1.165) is 12.3 Å². The molecule has 0 saturated carbocycles. The number of nitrogens with zero attached hydrogens (tertiary/aromatic N) is 1. The Kier molecular flexibility index (Phi) is 3.52. The summed E-state index contributed by atoms with van der Waals surface area (Å²) in [5.74, 6) is 0.143. The molecule has 0 fully saturated rings. The quantitative estimate of drug-likeness (QED) is 0.784. The molecule has 0 bridgehead atoms. The van der Waals surface area contributed by atoms with Gasteiger partial charge in [-0.25, -0.2) is 4.98 Å². The molecule has 0 radical (unpaired) electrons. The lowest BCUT2D eigenvalue weighted by atomic mass is 10.2. The lowest BCUT2D eigenvalue weighted by Crippen LogP contribution is -2.08. The zero-order valence-electron chi connectivity index (χ0n) is 8.26. The highest BCUT2D eigenvalue weighted by molar-refractivity contribution is 5.30. The Hall–Kier alpha value is -1.30. The van der Waals surface area contributed by atoms with Gasteiger partial charge in [-0.15, -0.1) is 0 Å². The van der Waals surface area contributed by atoms with Crippen molar-refractivity contribution in [1.29, 1.82) is 0 Å². The van der Waals surface area contributed by atoms with Gasteiger partial charge in [0.05, 0.1) is 19.3 Å². The van der Waals surface area contributed by atoms with Gasteiger partial charge in [0.25, 0.3) is 0 Å². The van der Waals surface area contributed by atoms with Crippen molar-refractivity contribution < 1.29 is 22.6 Å². The summed E-state index contributed by atoms with van der Waals surface area (Å²) in [7, 11) is 2.73. The van der Waals surface area contributed by atoms with Gasteiger partial charge in [-0.05, 0) is 6.07 Å². The van der Waals surface area contributed by atoms with Crippen LogP contribution in [0.5, 0.6) is 5.88 Å². The molecule has 0 saturated heterocycles. The number of aromatic nitrogens is 1. The van der Waals surface area contributed by atoms with Crippen molar-refractivity contribution in [2.24, 2.45) is 0 Å². The minimum atomic E-state index is -4.40. The molecule has 1 aromatic heterocycles. The van der Waals surface area contributed by atoms with Gasteiger partial charge in [0.15, 0.2) is 0 Å². The molecule has 1 heterocycles. The van der Waals surface area contributed by atoms with Crippen LogP contribution >= 0.6 is 0 Å². The molecule has 0 aliphatic carbocycles. The van der Waals surface area contributed by atoms with Gasteiger partial charge in [-0.2, -0.15) is 13.2 Å². The third kappa shape index (κ3) is 2.82. The van der Waals surface area contributed by atoms with E-state index in [9.17, 15) is 13.2 Å². The molecular weight excluding hydrogens is 211 g/mol. The lowest BCUT2D eigenvalue weighted by molar-refractivity contribution is -0.137. The third-order valence-electron chi connectivity index (χ3n) is 1.75. The van der Waals surface area contributed by atoms with Crippen LogP contribution in [-0.4, -0.2) is 19.2 Å². The summed E-state index contributed by atoms with van der Waals surface area (Å²) in [6.07, 6.45) is -3.67. The average Bonchev–Trinajstić information content (AvgIpc) is 2.17. The van der Waals surface area contributed by atoms with Crippen LogP contribution in [0.4, 0.5) is 13.2 Å². The fourth-order valence-electron chi connectivity index (χ4n) is 1.10. The van der Waals surface area contributed by atoms with E-state index >= 15 is 0 Å². The minimum absolute atomic E-state index is 0.0279. The van der Waals surface area contributed by atoms with Crippen molar-refractivity contribution in [3.05, 3.63) is 23.4 Å². The zero-order valence-corrected chi connectivity index (χ0v) is 8.26. The van der Waals surface area contributed by atoms with Crippen molar-refractivity contribution >= 4 is 0 Å². The van der Waals surface area contributed by atoms with E-state index in [1.54, 1.807) is 0 Å². The first kappa shape index (κ1) is 11.8. The number of hydrogen-bond donors (Lipinski definition) is 0. The maximum atomic E-state index is 12.3. The Bertz CT molecular complexity index is 339. The molecular formula is C9H10F3NO2. The molecule has 0 atom stereocenters. The van der Waals surface area contributed by atoms with E-state index in [2.05, 4.69) is 4.98 Å². The van der Waals surface area contributed by atoms with E-state index in [1.165, 1.54) is 14.2 Å². The van der Waals surface area contributed by atoms with E-state index in [4.69, 9.17) is 9.47 Å². The highest BCUT2D eigenvalue weighted by atomic mass is 19.4. The molecule has 84 valence electrons. The SMILES string of the molecule is COCc1cc(C(F)(F)F)cnc1OC. The largest absolute Gasteiger partial charge is 0.481 e. The molecule has 0 N–H and O–H groups in total. The molecule has 0 aliphatic rings. The fraction of sp³-hybridized carbons (Fsp3) is 0.444. The van der Waals surface area contributed by atoms with Crippen molar-refractivity contribution in [1.82, 2.24) is 4.98 Å². The van der Waals surface area contributed by atoms with Gasteiger partial charge in [-0.1, -0.05) is 0 Å². The van der Waals surface area contributed by atoms with E-state index in [1.807, 2.05) is 0 Å². The van der Waals surface area contributed by atoms with Crippen molar-refractivity contribution in [2.45, 2.75) is 12.8 Å². The van der Waals surface area contributed by atoms with Crippen LogP contribution in [0.25, 0.3) is 0 Å². The molecule has 6 heteroatoms. The van der Waals surface area contributed by atoms with Gasteiger partial charge in [0.2, 0.25) is 5.88 Å². The zero-order chi connectivity index (χ0) is 11.5. The molecule has 0 aliphatic heterocycles. The first-order chi connectivity index (χ1) is 6.99. The first-order valence-electron chi connectivity index (χ1n) is 4.08. The highest BCUT2D eigenvalue weighted by Gasteiger charge is 2.31. The second-order valence-electron chi connectivity index (χ2n) is 2.82. The Labute approximate surface area is 84.8 Å². The van der Waals surface area contributed by atoms with Gasteiger partial charge in [0, 0.05) is 18.9 Å². The topological polar surface area (TPSA) is 31.4 Å². The predicted octanol–water partition coefficient (Wildman–Crippen LogP) is 2.26. The summed E-state index contributed by atoms with van der Waals surface area (Å²) < 4.78 is 46.5. The van der Waals surface area contributed by atoms with Gasteiger partial charge >= 0.3 is 6.18 Å². The van der Waals surface area contributed by atoms with Gasteiger partial charge < -0.3 is 9.47 Å². The van der Waals surface area contributed by atoms with E-state index in [-0.39, 0.29) is 18.1 Å². The summed E-state index contributed by atoms with van der Waals surface area (Å²) in [6.45, 7) is 0.0279. The van der Waals surface area contributed by atoms with E-state index < -0.39 is 11.7 Å². The van der Waals surface area contributed by atoms with Crippen LogP contribution in [0.15, 0.2) is 12.3 Å². The lowest BCUT2D eigenvalue weighted by Gasteiger charge is -2.10. The molecule has 0 unspecified atom stereocenters. The summed E-state index contributed by atoms with van der Waals surface area (Å²) in [4.78, 5) is 3.56. The Morgan fingerprint density at radius 1 is 1.33 bits per heavy atom. The monoisotopic (exact) mass is 221 g/mol. The maximum Gasteiger partial charge on any atom is 0.417 e. The van der Waals surface area contributed by atoms with E-state index in [0.29, 0.717) is 0 Å². The predicted molar refractivity (Wildman–Crippen MR) is 46.5 cm³/mol. The summed E-state index contributed by atoms with van der Waals surface area (Å²) in [5, 5.41) is 0. The molecule has 0 aromatic carbocycles. The van der Waals surface area contributed by atoms with Gasteiger partial charge in [-0.3, -0.25) is 0 Å². The number of rotatable bonds is 3. The van der Waals surface area contributed by atoms with Crippen LogP contribution in [-0.2, 0) is 17.5 Å². The summed E-state index contributed by atoms with van der Waals surface area (Å²) in [6, 6.07) is 0.968. The number of ether oxygens (including phenoxy) is 2.